The van der Waals surface area contributed by atoms with E-state index in [2.05, 4.69) is 26.2 Å². The minimum absolute atomic E-state index is 0.0195. The number of hydrogen-bond acceptors (Lipinski definition) is 4. The van der Waals surface area contributed by atoms with Crippen LogP contribution < -0.4 is 10.1 Å². The fraction of sp³-hybridized carbons (Fsp3) is 0.467. The van der Waals surface area contributed by atoms with E-state index in [4.69, 9.17) is 4.74 Å². The SMILES string of the molecule is CC1=C(C(=O)O)C(CCBr)c2c(ccnc2OC(C)C)N1. The number of anilines is 1. The Morgan fingerprint density at radius 2 is 2.29 bits per heavy atom. The Bertz CT molecular complexity index is 584. The molecule has 2 N–H and O–H groups in total. The molecule has 6 heteroatoms. The van der Waals surface area contributed by atoms with Gasteiger partial charge in [0.1, 0.15) is 0 Å². The third-order valence-electron chi connectivity index (χ3n) is 3.35. The summed E-state index contributed by atoms with van der Waals surface area (Å²) in [5, 5.41) is 13.4. The standard InChI is InChI=1S/C15H19BrN2O3/c1-8(2)21-14-13-10(4-6-16)12(15(19)20)9(3)18-11(13)5-7-17-14/h5,7-8,10,18H,4,6H2,1-3H3,(H,19,20). The molecule has 0 bridgehead atoms. The molecule has 1 aromatic heterocycles. The molecule has 1 aromatic rings. The van der Waals surface area contributed by atoms with Gasteiger partial charge in [0.05, 0.1) is 11.7 Å². The van der Waals surface area contributed by atoms with Gasteiger partial charge in [-0.3, -0.25) is 0 Å². The lowest BCUT2D eigenvalue weighted by molar-refractivity contribution is -0.133. The molecular weight excluding hydrogens is 336 g/mol. The van der Waals surface area contributed by atoms with Crippen LogP contribution in [0.4, 0.5) is 5.69 Å². The number of alkyl halides is 1. The minimum Gasteiger partial charge on any atom is -0.478 e. The van der Waals surface area contributed by atoms with Gasteiger partial charge in [0.2, 0.25) is 5.88 Å². The van der Waals surface area contributed by atoms with Crippen molar-refractivity contribution in [3.05, 3.63) is 29.1 Å². The number of nitrogens with zero attached hydrogens (tertiary/aromatic N) is 1. The first-order chi connectivity index (χ1) is 9.95. The summed E-state index contributed by atoms with van der Waals surface area (Å²) in [6.45, 7) is 5.64. The second-order valence-electron chi connectivity index (χ2n) is 5.24. The van der Waals surface area contributed by atoms with Gasteiger partial charge in [0.25, 0.3) is 0 Å². The Labute approximate surface area is 132 Å². The summed E-state index contributed by atoms with van der Waals surface area (Å²) in [6, 6.07) is 1.85. The third kappa shape index (κ3) is 3.20. The Morgan fingerprint density at radius 1 is 1.57 bits per heavy atom. The number of carboxylic acids is 1. The maximum Gasteiger partial charge on any atom is 0.333 e. The van der Waals surface area contributed by atoms with Crippen molar-refractivity contribution in [3.8, 4) is 5.88 Å². The van der Waals surface area contributed by atoms with E-state index >= 15 is 0 Å². The Morgan fingerprint density at radius 3 is 2.86 bits per heavy atom. The molecule has 1 atom stereocenters. The molecule has 21 heavy (non-hydrogen) atoms. The molecule has 0 spiro atoms. The summed E-state index contributed by atoms with van der Waals surface area (Å²) in [7, 11) is 0. The summed E-state index contributed by atoms with van der Waals surface area (Å²) in [5.74, 6) is -0.635. The van der Waals surface area contributed by atoms with Gasteiger partial charge in [-0.25, -0.2) is 9.78 Å². The van der Waals surface area contributed by atoms with Gasteiger partial charge in [0, 0.05) is 34.4 Å². The average molecular weight is 355 g/mol. The van der Waals surface area contributed by atoms with Crippen molar-refractivity contribution in [2.75, 3.05) is 10.6 Å². The normalized spacial score (nSPS) is 17.5. The molecule has 0 saturated heterocycles. The monoisotopic (exact) mass is 354 g/mol. The number of pyridine rings is 1. The van der Waals surface area contributed by atoms with Gasteiger partial charge in [-0.2, -0.15) is 0 Å². The molecule has 0 aliphatic carbocycles. The minimum atomic E-state index is -0.907. The second-order valence-corrected chi connectivity index (χ2v) is 6.04. The number of rotatable bonds is 5. The second kappa shape index (κ2) is 6.47. The van der Waals surface area contributed by atoms with Crippen LogP contribution in [0.15, 0.2) is 23.5 Å². The highest BCUT2D eigenvalue weighted by Gasteiger charge is 2.33. The highest BCUT2D eigenvalue weighted by molar-refractivity contribution is 9.09. The van der Waals surface area contributed by atoms with Crippen LogP contribution in [0.2, 0.25) is 0 Å². The number of aliphatic carboxylic acids is 1. The molecule has 0 amide bonds. The first-order valence-electron chi connectivity index (χ1n) is 6.88. The van der Waals surface area contributed by atoms with E-state index in [-0.39, 0.29) is 12.0 Å². The lowest BCUT2D eigenvalue weighted by Gasteiger charge is -2.30. The molecule has 0 saturated carbocycles. The molecule has 2 rings (SSSR count). The van der Waals surface area contributed by atoms with E-state index in [0.29, 0.717) is 28.9 Å². The number of carbonyl (C=O) groups is 1. The van der Waals surface area contributed by atoms with E-state index < -0.39 is 5.97 Å². The zero-order chi connectivity index (χ0) is 15.6. The zero-order valence-electron chi connectivity index (χ0n) is 12.3. The van der Waals surface area contributed by atoms with Crippen molar-refractivity contribution >= 4 is 27.6 Å². The number of aromatic nitrogens is 1. The molecule has 1 unspecified atom stereocenters. The Kier molecular flexibility index (Phi) is 4.88. The van der Waals surface area contributed by atoms with Crippen molar-refractivity contribution < 1.29 is 14.6 Å². The lowest BCUT2D eigenvalue weighted by atomic mass is 9.84. The van der Waals surface area contributed by atoms with Crippen LogP contribution in [0.3, 0.4) is 0 Å². The molecule has 1 aliphatic rings. The number of ether oxygens (including phenoxy) is 1. The van der Waals surface area contributed by atoms with E-state index in [9.17, 15) is 9.90 Å². The number of halogens is 1. The molecule has 2 heterocycles. The molecule has 1 aliphatic heterocycles. The predicted octanol–water partition coefficient (Wildman–Crippen LogP) is 3.52. The summed E-state index contributed by atoms with van der Waals surface area (Å²) in [5.41, 5.74) is 2.74. The predicted molar refractivity (Wildman–Crippen MR) is 85.1 cm³/mol. The quantitative estimate of drug-likeness (QED) is 0.791. The van der Waals surface area contributed by atoms with Crippen molar-refractivity contribution in [2.45, 2.75) is 39.2 Å². The van der Waals surface area contributed by atoms with E-state index in [1.165, 1.54) is 0 Å². The van der Waals surface area contributed by atoms with Gasteiger partial charge in [-0.15, -0.1) is 0 Å². The van der Waals surface area contributed by atoms with Crippen molar-refractivity contribution in [3.63, 3.8) is 0 Å². The first-order valence-corrected chi connectivity index (χ1v) is 8.00. The van der Waals surface area contributed by atoms with E-state index in [1.54, 1.807) is 13.1 Å². The number of carboxylic acid groups (broad SMARTS) is 1. The summed E-state index contributed by atoms with van der Waals surface area (Å²) in [6.07, 6.45) is 2.33. The van der Waals surface area contributed by atoms with Crippen LogP contribution in [0.25, 0.3) is 0 Å². The fourth-order valence-corrected chi connectivity index (χ4v) is 3.06. The first kappa shape index (κ1) is 15.8. The van der Waals surface area contributed by atoms with Crippen LogP contribution in [-0.4, -0.2) is 27.5 Å². The maximum atomic E-state index is 11.6. The molecule has 0 fully saturated rings. The number of fused-ring (bicyclic) bond motifs is 1. The van der Waals surface area contributed by atoms with E-state index in [1.807, 2.05) is 19.9 Å². The number of allylic oxidation sites excluding steroid dienone is 1. The summed E-state index contributed by atoms with van der Waals surface area (Å²) < 4.78 is 5.77. The van der Waals surface area contributed by atoms with Gasteiger partial charge < -0.3 is 15.2 Å². The van der Waals surface area contributed by atoms with Crippen molar-refractivity contribution in [1.29, 1.82) is 0 Å². The highest BCUT2D eigenvalue weighted by atomic mass is 79.9. The number of hydrogen-bond donors (Lipinski definition) is 2. The van der Waals surface area contributed by atoms with E-state index in [0.717, 1.165) is 11.3 Å². The third-order valence-corrected chi connectivity index (χ3v) is 3.81. The van der Waals surface area contributed by atoms with Crippen LogP contribution in [0.5, 0.6) is 5.88 Å². The van der Waals surface area contributed by atoms with Crippen LogP contribution in [-0.2, 0) is 4.79 Å². The largest absolute Gasteiger partial charge is 0.478 e. The molecule has 0 radical (unpaired) electrons. The van der Waals surface area contributed by atoms with Gasteiger partial charge in [-0.05, 0) is 33.3 Å². The molecule has 5 nitrogen and oxygen atoms in total. The van der Waals surface area contributed by atoms with Crippen LogP contribution >= 0.6 is 15.9 Å². The topological polar surface area (TPSA) is 71.5 Å². The molecular formula is C15H19BrN2O3. The van der Waals surface area contributed by atoms with Gasteiger partial charge in [-0.1, -0.05) is 15.9 Å². The van der Waals surface area contributed by atoms with Crippen molar-refractivity contribution in [2.24, 2.45) is 0 Å². The van der Waals surface area contributed by atoms with Crippen molar-refractivity contribution in [1.82, 2.24) is 4.98 Å². The summed E-state index contributed by atoms with van der Waals surface area (Å²) in [4.78, 5) is 15.9. The van der Waals surface area contributed by atoms with Gasteiger partial charge in [0.15, 0.2) is 0 Å². The molecule has 0 aromatic carbocycles. The fourth-order valence-electron chi connectivity index (χ4n) is 2.60. The maximum absolute atomic E-state index is 11.6. The lowest BCUT2D eigenvalue weighted by Crippen LogP contribution is -2.24. The van der Waals surface area contributed by atoms with Crippen LogP contribution in [0, 0.1) is 0 Å². The Hall–Kier alpha value is -1.56. The summed E-state index contributed by atoms with van der Waals surface area (Å²) >= 11 is 3.41. The highest BCUT2D eigenvalue weighted by Crippen LogP contribution is 2.43. The average Bonchev–Trinajstić information content (AvgIpc) is 2.37. The smallest absolute Gasteiger partial charge is 0.333 e. The molecule has 114 valence electrons. The van der Waals surface area contributed by atoms with Crippen LogP contribution in [0.1, 0.15) is 38.7 Å². The number of nitrogens with one attached hydrogen (secondary N) is 1. The Balaban J connectivity index is 2.56. The zero-order valence-corrected chi connectivity index (χ0v) is 13.9. The van der Waals surface area contributed by atoms with Gasteiger partial charge >= 0.3 is 5.97 Å².